The van der Waals surface area contributed by atoms with Crippen molar-refractivity contribution in [2.45, 2.75) is 32.7 Å². The van der Waals surface area contributed by atoms with Gasteiger partial charge in [0.25, 0.3) is 0 Å². The summed E-state index contributed by atoms with van der Waals surface area (Å²) >= 11 is 0. The molecule has 2 N–H and O–H groups in total. The molecule has 0 atom stereocenters. The lowest BCUT2D eigenvalue weighted by molar-refractivity contribution is 0.314. The fourth-order valence-electron chi connectivity index (χ4n) is 3.52. The van der Waals surface area contributed by atoms with E-state index in [1.54, 1.807) is 0 Å². The lowest BCUT2D eigenvalue weighted by atomic mass is 9.86. The van der Waals surface area contributed by atoms with Crippen LogP contribution in [0, 0.1) is 0 Å². The minimum Gasteiger partial charge on any atom is -0.492 e. The third kappa shape index (κ3) is 4.92. The van der Waals surface area contributed by atoms with Crippen LogP contribution in [0.1, 0.15) is 31.9 Å². The molecule has 29 heavy (non-hydrogen) atoms. The van der Waals surface area contributed by atoms with Gasteiger partial charge in [0.2, 0.25) is 0 Å². The van der Waals surface area contributed by atoms with Crippen LogP contribution in [-0.2, 0) is 12.0 Å². The number of fused-ring (bicyclic) bond motifs is 3. The van der Waals surface area contributed by atoms with E-state index in [0.717, 1.165) is 24.4 Å². The van der Waals surface area contributed by atoms with Gasteiger partial charge in [0.1, 0.15) is 12.4 Å². The van der Waals surface area contributed by atoms with Gasteiger partial charge < -0.3 is 15.0 Å². The Bertz CT molecular complexity index is 1080. The minimum atomic E-state index is 0. The van der Waals surface area contributed by atoms with Gasteiger partial charge in [-0.1, -0.05) is 63.2 Å². The summed E-state index contributed by atoms with van der Waals surface area (Å²) in [5.74, 6) is 0.900. The van der Waals surface area contributed by atoms with E-state index in [1.807, 2.05) is 6.07 Å². The van der Waals surface area contributed by atoms with Crippen LogP contribution in [0.2, 0.25) is 0 Å². The maximum atomic E-state index is 5.94. The molecule has 1 aromatic heterocycles. The summed E-state index contributed by atoms with van der Waals surface area (Å²) < 4.78 is 5.94. The normalized spacial score (nSPS) is 11.6. The van der Waals surface area contributed by atoms with Gasteiger partial charge in [-0.3, -0.25) is 0 Å². The van der Waals surface area contributed by atoms with Gasteiger partial charge in [-0.25, -0.2) is 0 Å². The van der Waals surface area contributed by atoms with E-state index in [4.69, 9.17) is 4.74 Å². The van der Waals surface area contributed by atoms with E-state index in [1.165, 1.54) is 27.4 Å². The number of aromatic amines is 1. The molecule has 1 heterocycles. The molecule has 0 unspecified atom stereocenters. The van der Waals surface area contributed by atoms with Crippen LogP contribution >= 0.6 is 12.4 Å². The summed E-state index contributed by atoms with van der Waals surface area (Å²) in [6.07, 6.45) is 0. The van der Waals surface area contributed by atoms with Gasteiger partial charge >= 0.3 is 0 Å². The molecule has 4 aromatic rings. The molecule has 0 fully saturated rings. The van der Waals surface area contributed by atoms with Crippen molar-refractivity contribution >= 4 is 34.2 Å². The molecule has 0 radical (unpaired) electrons. The quantitative estimate of drug-likeness (QED) is 0.372. The second-order valence-electron chi connectivity index (χ2n) is 8.35. The molecule has 4 heteroatoms. The number of benzene rings is 3. The first-order valence-corrected chi connectivity index (χ1v) is 9.94. The largest absolute Gasteiger partial charge is 0.492 e. The Morgan fingerprint density at radius 3 is 2.28 bits per heavy atom. The molecule has 0 saturated carbocycles. The summed E-state index contributed by atoms with van der Waals surface area (Å²) in [6.45, 7) is 9.06. The fraction of sp³-hybridized carbons (Fsp3) is 0.280. The second-order valence-corrected chi connectivity index (χ2v) is 8.35. The standard InChI is InChI=1S/C25H28N2O.ClH/c1-25(2,3)19-9-11-21-22-12-10-20(16-24(22)27-23(21)15-19)28-14-13-26-17-18-7-5-4-6-8-18;/h4-12,15-16,26-27H,13-14,17H2,1-3H3;1H. The molecule has 4 rings (SSSR count). The van der Waals surface area contributed by atoms with E-state index < -0.39 is 0 Å². The first-order chi connectivity index (χ1) is 13.5. The summed E-state index contributed by atoms with van der Waals surface area (Å²) in [4.78, 5) is 3.56. The van der Waals surface area contributed by atoms with Crippen LogP contribution in [0.15, 0.2) is 66.7 Å². The van der Waals surface area contributed by atoms with Crippen LogP contribution in [0.5, 0.6) is 5.75 Å². The van der Waals surface area contributed by atoms with E-state index in [0.29, 0.717) is 6.61 Å². The van der Waals surface area contributed by atoms with Crippen molar-refractivity contribution in [3.63, 3.8) is 0 Å². The van der Waals surface area contributed by atoms with Crippen molar-refractivity contribution in [2.75, 3.05) is 13.2 Å². The molecule has 0 aliphatic carbocycles. The van der Waals surface area contributed by atoms with Gasteiger partial charge in [0.15, 0.2) is 0 Å². The monoisotopic (exact) mass is 408 g/mol. The highest BCUT2D eigenvalue weighted by Gasteiger charge is 2.15. The van der Waals surface area contributed by atoms with Crippen molar-refractivity contribution in [3.05, 3.63) is 77.9 Å². The second kappa shape index (κ2) is 8.89. The van der Waals surface area contributed by atoms with E-state index in [-0.39, 0.29) is 17.8 Å². The van der Waals surface area contributed by atoms with E-state index in [2.05, 4.69) is 91.7 Å². The van der Waals surface area contributed by atoms with E-state index in [9.17, 15) is 0 Å². The van der Waals surface area contributed by atoms with Gasteiger partial charge in [0, 0.05) is 35.4 Å². The SMILES string of the molecule is CC(C)(C)c1ccc2c(c1)[nH]c1cc(OCCNCc3ccccc3)ccc12.Cl. The summed E-state index contributed by atoms with van der Waals surface area (Å²) in [6, 6.07) is 23.5. The van der Waals surface area contributed by atoms with Gasteiger partial charge in [0.05, 0.1) is 5.52 Å². The molecule has 0 aliphatic rings. The molecular weight excluding hydrogens is 380 g/mol. The summed E-state index contributed by atoms with van der Waals surface area (Å²) in [5.41, 5.74) is 5.08. The van der Waals surface area contributed by atoms with Crippen molar-refractivity contribution in [1.29, 1.82) is 0 Å². The highest BCUT2D eigenvalue weighted by molar-refractivity contribution is 6.07. The zero-order chi connectivity index (χ0) is 19.6. The van der Waals surface area contributed by atoms with Crippen LogP contribution in [0.4, 0.5) is 0 Å². The zero-order valence-corrected chi connectivity index (χ0v) is 18.1. The fourth-order valence-corrected chi connectivity index (χ4v) is 3.52. The van der Waals surface area contributed by atoms with Crippen LogP contribution in [0.25, 0.3) is 21.8 Å². The highest BCUT2D eigenvalue weighted by atomic mass is 35.5. The Balaban J connectivity index is 0.00000240. The third-order valence-electron chi connectivity index (χ3n) is 5.16. The smallest absolute Gasteiger partial charge is 0.121 e. The maximum Gasteiger partial charge on any atom is 0.121 e. The predicted octanol–water partition coefficient (Wildman–Crippen LogP) is 6.21. The Morgan fingerprint density at radius 2 is 1.55 bits per heavy atom. The number of ether oxygens (including phenoxy) is 1. The number of hydrogen-bond donors (Lipinski definition) is 2. The van der Waals surface area contributed by atoms with Crippen LogP contribution in [-0.4, -0.2) is 18.1 Å². The molecule has 0 aliphatic heterocycles. The maximum absolute atomic E-state index is 5.94. The molecule has 0 spiro atoms. The first kappa shape index (κ1) is 21.2. The van der Waals surface area contributed by atoms with Crippen LogP contribution < -0.4 is 10.1 Å². The molecule has 0 amide bonds. The summed E-state index contributed by atoms with van der Waals surface area (Å²) in [7, 11) is 0. The Labute approximate surface area is 178 Å². The molecule has 152 valence electrons. The van der Waals surface area contributed by atoms with Gasteiger partial charge in [-0.05, 0) is 34.7 Å². The van der Waals surface area contributed by atoms with E-state index >= 15 is 0 Å². The molecule has 0 bridgehead atoms. The molecule has 0 saturated heterocycles. The van der Waals surface area contributed by atoms with Crippen LogP contribution in [0.3, 0.4) is 0 Å². The molecular formula is C25H29ClN2O. The van der Waals surface area contributed by atoms with Crippen molar-refractivity contribution in [1.82, 2.24) is 10.3 Å². The average Bonchev–Trinajstić information content (AvgIpc) is 3.05. The Morgan fingerprint density at radius 1 is 0.862 bits per heavy atom. The van der Waals surface area contributed by atoms with Crippen molar-refractivity contribution in [2.24, 2.45) is 0 Å². The first-order valence-electron chi connectivity index (χ1n) is 9.94. The number of aromatic nitrogens is 1. The number of hydrogen-bond acceptors (Lipinski definition) is 2. The number of rotatable bonds is 6. The average molecular weight is 409 g/mol. The van der Waals surface area contributed by atoms with Crippen molar-refractivity contribution in [3.8, 4) is 5.75 Å². The lowest BCUT2D eigenvalue weighted by Crippen LogP contribution is -2.20. The molecule has 3 nitrogen and oxygen atoms in total. The summed E-state index contributed by atoms with van der Waals surface area (Å²) in [5, 5.41) is 5.92. The minimum absolute atomic E-state index is 0. The number of nitrogens with one attached hydrogen (secondary N) is 2. The zero-order valence-electron chi connectivity index (χ0n) is 17.3. The van der Waals surface area contributed by atoms with Gasteiger partial charge in [-0.2, -0.15) is 0 Å². The third-order valence-corrected chi connectivity index (χ3v) is 5.16. The predicted molar refractivity (Wildman–Crippen MR) is 125 cm³/mol. The number of H-pyrrole nitrogens is 1. The lowest BCUT2D eigenvalue weighted by Gasteiger charge is -2.18. The Kier molecular flexibility index (Phi) is 6.51. The highest BCUT2D eigenvalue weighted by Crippen LogP contribution is 2.31. The van der Waals surface area contributed by atoms with Gasteiger partial charge in [-0.15, -0.1) is 12.4 Å². The van der Waals surface area contributed by atoms with Crippen molar-refractivity contribution < 1.29 is 4.74 Å². The Hall–Kier alpha value is -2.49. The molecule has 3 aromatic carbocycles. The topological polar surface area (TPSA) is 37.0 Å². The number of halogens is 1.